The quantitative estimate of drug-likeness (QED) is 0.131. The molecule has 1 amide bonds. The molecule has 0 fully saturated rings. The molecule has 0 aliphatic heterocycles. The predicted molar refractivity (Wildman–Crippen MR) is 87.2 cm³/mol. The zero-order valence-corrected chi connectivity index (χ0v) is 13.7. The van der Waals surface area contributed by atoms with E-state index in [1.54, 1.807) is 13.8 Å². The van der Waals surface area contributed by atoms with E-state index in [9.17, 15) is 13.2 Å². The fourth-order valence-corrected chi connectivity index (χ4v) is 2.45. The molecule has 0 saturated heterocycles. The van der Waals surface area contributed by atoms with E-state index < -0.39 is 21.0 Å². The first-order valence-electron chi connectivity index (χ1n) is 6.40. The molecule has 0 atom stereocenters. The van der Waals surface area contributed by atoms with Crippen LogP contribution in [0.3, 0.4) is 0 Å². The van der Waals surface area contributed by atoms with Gasteiger partial charge in [0.05, 0.1) is 10.2 Å². The Kier molecular flexibility index (Phi) is 7.99. The summed E-state index contributed by atoms with van der Waals surface area (Å²) in [5.74, 6) is 4.39. The Morgan fingerprint density at radius 2 is 1.91 bits per heavy atom. The van der Waals surface area contributed by atoms with Gasteiger partial charge in [-0.2, -0.15) is 0 Å². The second kappa shape index (κ2) is 8.90. The molecule has 0 spiro atoms. The predicted octanol–water partition coefficient (Wildman–Crippen LogP) is -0.680. The van der Waals surface area contributed by atoms with Gasteiger partial charge in [0.2, 0.25) is 0 Å². The zero-order chi connectivity index (χ0) is 17.3. The maximum absolute atomic E-state index is 12.1. The Morgan fingerprint density at radius 1 is 1.32 bits per heavy atom. The normalized spacial score (nSPS) is 13.8. The number of carbonyl (C=O) groups is 1. The number of likely N-dealkylation sites (N-methyl/N-ethyl adjacent to an activating group) is 1. The number of rotatable bonds is 8. The van der Waals surface area contributed by atoms with Crippen LogP contribution in [0.4, 0.5) is 0 Å². The third kappa shape index (κ3) is 5.26. The van der Waals surface area contributed by atoms with Crippen molar-refractivity contribution in [2.75, 3.05) is 7.05 Å². The third-order valence-electron chi connectivity index (χ3n) is 2.60. The highest BCUT2D eigenvalue weighted by Gasteiger charge is 2.19. The molecule has 0 aliphatic rings. The molecular weight excluding hydrogens is 306 g/mol. The van der Waals surface area contributed by atoms with Gasteiger partial charge in [0.1, 0.15) is 11.5 Å². The average molecular weight is 329 g/mol. The SMILES string of the molecule is C=C/C=C(\C=C/N/C(N)=C(\NC)C(=O)NN)S(=O)(=O)C(C)C. The van der Waals surface area contributed by atoms with Gasteiger partial charge in [0.25, 0.3) is 5.91 Å². The fraction of sp³-hybridized carbons (Fsp3) is 0.308. The number of carbonyl (C=O) groups excluding carboxylic acids is 1. The van der Waals surface area contributed by atoms with Gasteiger partial charge in [-0.15, -0.1) is 0 Å². The minimum absolute atomic E-state index is 0.0124. The van der Waals surface area contributed by atoms with E-state index in [1.165, 1.54) is 31.5 Å². The van der Waals surface area contributed by atoms with Gasteiger partial charge in [-0.1, -0.05) is 12.7 Å². The van der Waals surface area contributed by atoms with E-state index in [2.05, 4.69) is 17.2 Å². The Balaban J connectivity index is 5.34. The molecule has 22 heavy (non-hydrogen) atoms. The summed E-state index contributed by atoms with van der Waals surface area (Å²) in [6.07, 6.45) is 5.39. The Bertz CT molecular complexity index is 603. The molecule has 0 rings (SSSR count). The van der Waals surface area contributed by atoms with Gasteiger partial charge in [-0.25, -0.2) is 14.3 Å². The second-order valence-electron chi connectivity index (χ2n) is 4.39. The molecule has 7 N–H and O–H groups in total. The van der Waals surface area contributed by atoms with Crippen LogP contribution in [0, 0.1) is 0 Å². The molecule has 0 aromatic heterocycles. The van der Waals surface area contributed by atoms with Gasteiger partial charge in [0, 0.05) is 13.2 Å². The van der Waals surface area contributed by atoms with Gasteiger partial charge >= 0.3 is 0 Å². The van der Waals surface area contributed by atoms with Crippen molar-refractivity contribution >= 4 is 15.7 Å². The summed E-state index contributed by atoms with van der Waals surface area (Å²) in [6.45, 7) is 6.64. The topological polar surface area (TPSA) is 139 Å². The number of hydrogen-bond donors (Lipinski definition) is 5. The lowest BCUT2D eigenvalue weighted by atomic mass is 10.4. The van der Waals surface area contributed by atoms with E-state index in [0.29, 0.717) is 0 Å². The van der Waals surface area contributed by atoms with Crippen LogP contribution >= 0.6 is 0 Å². The molecule has 0 aliphatic carbocycles. The highest BCUT2D eigenvalue weighted by molar-refractivity contribution is 7.96. The monoisotopic (exact) mass is 329 g/mol. The Labute approximate surface area is 130 Å². The van der Waals surface area contributed by atoms with Crippen molar-refractivity contribution in [1.82, 2.24) is 16.1 Å². The third-order valence-corrected chi connectivity index (χ3v) is 4.77. The summed E-state index contributed by atoms with van der Waals surface area (Å²) >= 11 is 0. The fourth-order valence-electron chi connectivity index (χ4n) is 1.36. The van der Waals surface area contributed by atoms with Crippen molar-refractivity contribution in [3.63, 3.8) is 0 Å². The Hall–Kier alpha value is -2.26. The average Bonchev–Trinajstić information content (AvgIpc) is 2.46. The number of hydrazine groups is 1. The smallest absolute Gasteiger partial charge is 0.284 e. The molecule has 8 nitrogen and oxygen atoms in total. The number of sulfone groups is 1. The van der Waals surface area contributed by atoms with Crippen LogP contribution in [-0.2, 0) is 14.6 Å². The van der Waals surface area contributed by atoms with Crippen LogP contribution in [-0.4, -0.2) is 26.6 Å². The molecule has 0 aromatic rings. The first kappa shape index (κ1) is 19.7. The molecule has 0 saturated carbocycles. The highest BCUT2D eigenvalue weighted by Crippen LogP contribution is 2.14. The maximum atomic E-state index is 12.1. The van der Waals surface area contributed by atoms with Crippen molar-refractivity contribution < 1.29 is 13.2 Å². The standard InChI is InChI=1S/C13H23N5O3S/c1-5-6-10(22(20,21)9(2)3)7-8-17-12(14)11(16-4)13(19)18-15/h5-9,16-17H,1,14-15H2,2-4H3,(H,18,19)/b8-7-,10-6+,12-11-. The molecule has 9 heteroatoms. The van der Waals surface area contributed by atoms with Gasteiger partial charge < -0.3 is 16.4 Å². The second-order valence-corrected chi connectivity index (χ2v) is 6.89. The zero-order valence-electron chi connectivity index (χ0n) is 12.9. The number of hydrogen-bond acceptors (Lipinski definition) is 7. The number of amides is 1. The van der Waals surface area contributed by atoms with E-state index in [4.69, 9.17) is 11.6 Å². The molecule has 0 unspecified atom stereocenters. The van der Waals surface area contributed by atoms with Crippen LogP contribution < -0.4 is 27.6 Å². The van der Waals surface area contributed by atoms with Crippen LogP contribution in [0.5, 0.6) is 0 Å². The molecular formula is C13H23N5O3S. The lowest BCUT2D eigenvalue weighted by molar-refractivity contribution is -0.117. The largest absolute Gasteiger partial charge is 0.383 e. The first-order chi connectivity index (χ1) is 10.2. The van der Waals surface area contributed by atoms with Gasteiger partial charge in [-0.3, -0.25) is 10.2 Å². The highest BCUT2D eigenvalue weighted by atomic mass is 32.2. The summed E-state index contributed by atoms with van der Waals surface area (Å²) in [5, 5.41) is 4.61. The van der Waals surface area contributed by atoms with E-state index in [-0.39, 0.29) is 16.4 Å². The number of nitrogens with two attached hydrogens (primary N) is 2. The number of allylic oxidation sites excluding steroid dienone is 3. The van der Waals surface area contributed by atoms with Crippen LogP contribution in [0.1, 0.15) is 13.8 Å². The van der Waals surface area contributed by atoms with Crippen molar-refractivity contribution in [3.05, 3.63) is 47.4 Å². The minimum Gasteiger partial charge on any atom is -0.383 e. The molecule has 124 valence electrons. The van der Waals surface area contributed by atoms with Crippen molar-refractivity contribution in [3.8, 4) is 0 Å². The van der Waals surface area contributed by atoms with Crippen molar-refractivity contribution in [2.45, 2.75) is 19.1 Å². The number of nitrogens with one attached hydrogen (secondary N) is 3. The molecule has 0 heterocycles. The minimum atomic E-state index is -3.45. The van der Waals surface area contributed by atoms with Crippen LogP contribution in [0.2, 0.25) is 0 Å². The van der Waals surface area contributed by atoms with Crippen LogP contribution in [0.25, 0.3) is 0 Å². The Morgan fingerprint density at radius 3 is 2.32 bits per heavy atom. The lowest BCUT2D eigenvalue weighted by Crippen LogP contribution is -2.38. The van der Waals surface area contributed by atoms with E-state index >= 15 is 0 Å². The molecule has 0 aromatic carbocycles. The van der Waals surface area contributed by atoms with Crippen molar-refractivity contribution in [2.24, 2.45) is 11.6 Å². The van der Waals surface area contributed by atoms with E-state index in [1.807, 2.05) is 5.43 Å². The molecule has 0 bridgehead atoms. The summed E-state index contributed by atoms with van der Waals surface area (Å²) in [6, 6.07) is 0. The van der Waals surface area contributed by atoms with Gasteiger partial charge in [-0.05, 0) is 26.0 Å². The maximum Gasteiger partial charge on any atom is 0.284 e. The van der Waals surface area contributed by atoms with Gasteiger partial charge in [0.15, 0.2) is 9.84 Å². The van der Waals surface area contributed by atoms with E-state index in [0.717, 1.165) is 0 Å². The van der Waals surface area contributed by atoms with Crippen LogP contribution in [0.15, 0.2) is 47.4 Å². The first-order valence-corrected chi connectivity index (χ1v) is 7.95. The summed E-state index contributed by atoms with van der Waals surface area (Å²) < 4.78 is 24.2. The summed E-state index contributed by atoms with van der Waals surface area (Å²) in [5.41, 5.74) is 7.64. The summed E-state index contributed by atoms with van der Waals surface area (Å²) in [7, 11) is -1.96. The van der Waals surface area contributed by atoms with Crippen molar-refractivity contribution in [1.29, 1.82) is 0 Å². The molecule has 0 radical (unpaired) electrons. The lowest BCUT2D eigenvalue weighted by Gasteiger charge is -2.10. The summed E-state index contributed by atoms with van der Waals surface area (Å²) in [4.78, 5) is 11.5.